The molecule has 0 saturated heterocycles. The summed E-state index contributed by atoms with van der Waals surface area (Å²) in [6.07, 6.45) is 1.51. The van der Waals surface area contributed by atoms with Gasteiger partial charge in [0.2, 0.25) is 5.91 Å². The van der Waals surface area contributed by atoms with Crippen molar-refractivity contribution in [3.8, 4) is 0 Å². The molecule has 0 fully saturated rings. The third-order valence-electron chi connectivity index (χ3n) is 2.34. The molecule has 2 heterocycles. The summed E-state index contributed by atoms with van der Waals surface area (Å²) in [7, 11) is 0. The van der Waals surface area contributed by atoms with Crippen molar-refractivity contribution in [1.29, 1.82) is 0 Å². The lowest BCUT2D eigenvalue weighted by Gasteiger charge is -2.05. The lowest BCUT2D eigenvalue weighted by Crippen LogP contribution is -2.26. The first-order chi connectivity index (χ1) is 9.45. The molecule has 1 amide bonds. The average molecular weight is 357 g/mol. The number of pyridine rings is 1. The minimum atomic E-state index is -1.04. The van der Waals surface area contributed by atoms with E-state index in [-0.39, 0.29) is 17.0 Å². The first-order valence-electron chi connectivity index (χ1n) is 5.44. The molecule has 0 aliphatic rings. The summed E-state index contributed by atoms with van der Waals surface area (Å²) in [4.78, 5) is 34.2. The van der Waals surface area contributed by atoms with Crippen LogP contribution in [-0.4, -0.2) is 21.6 Å². The largest absolute Gasteiger partial charge is 0.477 e. The van der Waals surface area contributed by atoms with Gasteiger partial charge in [-0.15, -0.1) is 11.3 Å². The number of hydrogen-bond donors (Lipinski definition) is 2. The lowest BCUT2D eigenvalue weighted by molar-refractivity contribution is -0.116. The van der Waals surface area contributed by atoms with Crippen LogP contribution in [0.3, 0.4) is 0 Å². The van der Waals surface area contributed by atoms with Gasteiger partial charge in [-0.05, 0) is 34.1 Å². The Morgan fingerprint density at radius 3 is 2.70 bits per heavy atom. The quantitative estimate of drug-likeness (QED) is 0.876. The van der Waals surface area contributed by atoms with Crippen LogP contribution in [0.15, 0.2) is 39.7 Å². The summed E-state index contributed by atoms with van der Waals surface area (Å²) < 4.78 is 1.94. The maximum absolute atomic E-state index is 11.8. The second-order valence-electron chi connectivity index (χ2n) is 3.83. The number of aromatic nitrogens is 1. The predicted molar refractivity (Wildman–Crippen MR) is 78.3 cm³/mol. The van der Waals surface area contributed by atoms with E-state index in [1.165, 1.54) is 29.0 Å². The highest BCUT2D eigenvalue weighted by atomic mass is 79.9. The Morgan fingerprint density at radius 1 is 1.30 bits per heavy atom. The van der Waals surface area contributed by atoms with Gasteiger partial charge in [-0.1, -0.05) is 0 Å². The molecule has 0 aliphatic carbocycles. The zero-order chi connectivity index (χ0) is 14.7. The van der Waals surface area contributed by atoms with Crippen LogP contribution in [0, 0.1) is 0 Å². The first-order valence-corrected chi connectivity index (χ1v) is 7.05. The molecule has 2 N–H and O–H groups in total. The van der Waals surface area contributed by atoms with Crippen LogP contribution < -0.4 is 10.9 Å². The maximum Gasteiger partial charge on any atom is 0.345 e. The van der Waals surface area contributed by atoms with Gasteiger partial charge in [0.05, 0.1) is 5.00 Å². The zero-order valence-corrected chi connectivity index (χ0v) is 12.4. The van der Waals surface area contributed by atoms with Gasteiger partial charge >= 0.3 is 5.97 Å². The molecule has 8 heteroatoms. The average Bonchev–Trinajstić information content (AvgIpc) is 2.82. The molecular formula is C12H9BrN2O4S. The Hall–Kier alpha value is -1.93. The van der Waals surface area contributed by atoms with Crippen molar-refractivity contribution in [1.82, 2.24) is 4.57 Å². The van der Waals surface area contributed by atoms with Gasteiger partial charge in [0.25, 0.3) is 5.56 Å². The van der Waals surface area contributed by atoms with E-state index in [1.54, 1.807) is 6.07 Å². The van der Waals surface area contributed by atoms with E-state index in [4.69, 9.17) is 5.11 Å². The van der Waals surface area contributed by atoms with Crippen molar-refractivity contribution in [2.45, 2.75) is 6.54 Å². The first kappa shape index (κ1) is 14.5. The van der Waals surface area contributed by atoms with E-state index in [1.807, 2.05) is 0 Å². The fourth-order valence-electron chi connectivity index (χ4n) is 1.48. The predicted octanol–water partition coefficient (Wildman–Crippen LogP) is 2.01. The van der Waals surface area contributed by atoms with Crippen LogP contribution in [0.2, 0.25) is 0 Å². The molecule has 104 valence electrons. The molecule has 2 aromatic rings. The number of hydrogen-bond acceptors (Lipinski definition) is 4. The molecule has 0 radical (unpaired) electrons. The molecule has 0 spiro atoms. The summed E-state index contributed by atoms with van der Waals surface area (Å²) in [5, 5.41) is 11.8. The van der Waals surface area contributed by atoms with E-state index < -0.39 is 11.9 Å². The smallest absolute Gasteiger partial charge is 0.345 e. The number of carboxylic acid groups (broad SMARTS) is 1. The van der Waals surface area contributed by atoms with Crippen molar-refractivity contribution in [3.63, 3.8) is 0 Å². The van der Waals surface area contributed by atoms with Gasteiger partial charge in [-0.25, -0.2) is 4.79 Å². The SMILES string of the molecule is O=C(Cn1cc(Br)ccc1=O)Nc1ccc(C(=O)O)s1. The Balaban J connectivity index is 2.07. The number of nitrogens with zero attached hydrogens (tertiary/aromatic N) is 1. The molecule has 0 aliphatic heterocycles. The minimum absolute atomic E-state index is 0.139. The van der Waals surface area contributed by atoms with E-state index in [0.29, 0.717) is 9.47 Å². The van der Waals surface area contributed by atoms with E-state index in [2.05, 4.69) is 21.2 Å². The molecule has 0 aromatic carbocycles. The van der Waals surface area contributed by atoms with Gasteiger partial charge in [-0.2, -0.15) is 0 Å². The monoisotopic (exact) mass is 356 g/mol. The number of carbonyl (C=O) groups excluding carboxylic acids is 1. The van der Waals surface area contributed by atoms with E-state index >= 15 is 0 Å². The Labute approximate surface area is 125 Å². The molecule has 0 saturated carbocycles. The van der Waals surface area contributed by atoms with Crippen molar-refractivity contribution in [2.24, 2.45) is 0 Å². The zero-order valence-electron chi connectivity index (χ0n) is 10.00. The maximum atomic E-state index is 11.8. The summed E-state index contributed by atoms with van der Waals surface area (Å²) in [6, 6.07) is 5.86. The number of amides is 1. The van der Waals surface area contributed by atoms with Crippen LogP contribution in [0.5, 0.6) is 0 Å². The van der Waals surface area contributed by atoms with Gasteiger partial charge in [0.15, 0.2) is 0 Å². The molecule has 20 heavy (non-hydrogen) atoms. The second kappa shape index (κ2) is 6.02. The van der Waals surface area contributed by atoms with Crippen molar-refractivity contribution in [3.05, 3.63) is 50.2 Å². The number of aromatic carboxylic acids is 1. The van der Waals surface area contributed by atoms with Crippen LogP contribution in [-0.2, 0) is 11.3 Å². The number of carbonyl (C=O) groups is 2. The number of anilines is 1. The molecule has 0 bridgehead atoms. The fraction of sp³-hybridized carbons (Fsp3) is 0.0833. The van der Waals surface area contributed by atoms with E-state index in [9.17, 15) is 14.4 Å². The van der Waals surface area contributed by atoms with Crippen molar-refractivity contribution in [2.75, 3.05) is 5.32 Å². The van der Waals surface area contributed by atoms with Crippen LogP contribution >= 0.6 is 27.3 Å². The summed E-state index contributed by atoms with van der Waals surface area (Å²) in [5.41, 5.74) is -0.291. The van der Waals surface area contributed by atoms with Gasteiger partial charge in [-0.3, -0.25) is 9.59 Å². The van der Waals surface area contributed by atoms with Crippen molar-refractivity contribution < 1.29 is 14.7 Å². The Morgan fingerprint density at radius 2 is 2.05 bits per heavy atom. The Kier molecular flexibility index (Phi) is 4.35. The summed E-state index contributed by atoms with van der Waals surface area (Å²) >= 11 is 4.18. The molecule has 6 nitrogen and oxygen atoms in total. The third kappa shape index (κ3) is 3.55. The molecule has 2 aromatic heterocycles. The molecule has 2 rings (SSSR count). The van der Waals surface area contributed by atoms with Crippen molar-refractivity contribution >= 4 is 44.1 Å². The normalized spacial score (nSPS) is 10.2. The minimum Gasteiger partial charge on any atom is -0.477 e. The highest BCUT2D eigenvalue weighted by molar-refractivity contribution is 9.10. The number of thiophene rings is 1. The number of nitrogens with one attached hydrogen (secondary N) is 1. The highest BCUT2D eigenvalue weighted by Gasteiger charge is 2.10. The second-order valence-corrected chi connectivity index (χ2v) is 5.83. The van der Waals surface area contributed by atoms with Crippen LogP contribution in [0.4, 0.5) is 5.00 Å². The number of rotatable bonds is 4. The standard InChI is InChI=1S/C12H9BrN2O4S/c13-7-1-4-11(17)15(5-7)6-9(16)14-10-3-2-8(20-10)12(18)19/h1-5H,6H2,(H,14,16)(H,18,19). The summed E-state index contributed by atoms with van der Waals surface area (Å²) in [6.45, 7) is -0.140. The van der Waals surface area contributed by atoms with Gasteiger partial charge in [0, 0.05) is 16.7 Å². The fourth-order valence-corrected chi connectivity index (χ4v) is 2.62. The third-order valence-corrected chi connectivity index (χ3v) is 3.80. The molecular weight excluding hydrogens is 348 g/mol. The molecule has 0 unspecified atom stereocenters. The van der Waals surface area contributed by atoms with Gasteiger partial charge in [0.1, 0.15) is 11.4 Å². The number of halogens is 1. The topological polar surface area (TPSA) is 88.4 Å². The number of carboxylic acids is 1. The van der Waals surface area contributed by atoms with Gasteiger partial charge < -0.3 is 15.0 Å². The van der Waals surface area contributed by atoms with Crippen LogP contribution in [0.25, 0.3) is 0 Å². The lowest BCUT2D eigenvalue weighted by atomic mass is 10.4. The highest BCUT2D eigenvalue weighted by Crippen LogP contribution is 2.21. The van der Waals surface area contributed by atoms with Crippen LogP contribution in [0.1, 0.15) is 9.67 Å². The molecule has 0 atom stereocenters. The summed E-state index contributed by atoms with van der Waals surface area (Å²) in [5.74, 6) is -1.44. The van der Waals surface area contributed by atoms with E-state index in [0.717, 1.165) is 11.3 Å². The Bertz CT molecular complexity index is 722.